The minimum atomic E-state index is -1.34. The fourth-order valence-corrected chi connectivity index (χ4v) is 6.82. The second-order valence-electron chi connectivity index (χ2n) is 15.4. The molecule has 0 spiro atoms. The number of carbonyl (C=O) groups excluding carboxylic acids is 10. The van der Waals surface area contributed by atoms with Crippen molar-refractivity contribution in [3.63, 3.8) is 0 Å². The molecule has 0 saturated heterocycles. The van der Waals surface area contributed by atoms with E-state index < -0.39 is 180 Å². The molecule has 0 radical (unpaired) electrons. The Morgan fingerprint density at radius 3 is 0.595 bits per heavy atom. The van der Waals surface area contributed by atoms with Gasteiger partial charge >= 0.3 is 11.8 Å². The van der Waals surface area contributed by atoms with Crippen molar-refractivity contribution >= 4 is 59.1 Å². The first kappa shape index (κ1) is 56.6. The van der Waals surface area contributed by atoms with Crippen LogP contribution in [0.5, 0.6) is 46.0 Å². The van der Waals surface area contributed by atoms with E-state index in [0.29, 0.717) is 0 Å². The molecule has 0 heterocycles. The third-order valence-electron chi connectivity index (χ3n) is 10.9. The summed E-state index contributed by atoms with van der Waals surface area (Å²) in [6.07, 6.45) is 0. The summed E-state index contributed by atoms with van der Waals surface area (Å²) in [7, 11) is 5.03. The predicted molar refractivity (Wildman–Crippen MR) is 255 cm³/mol. The molecule has 394 valence electrons. The van der Waals surface area contributed by atoms with Crippen molar-refractivity contribution in [1.82, 2.24) is 52.3 Å². The van der Waals surface area contributed by atoms with Gasteiger partial charge in [0, 0.05) is 80.5 Å². The zero-order chi connectivity index (χ0) is 55.1. The molecule has 0 aliphatic carbocycles. The number of benzene rings is 4. The standard InChI is InChI=1S/C46H52N10O18/c1-47-37(65)21-5-9-25(33(61)29(21)57)41(69)51-13-17-55(18-14-52-42(70)26-10-6-22(38(66)48-2)30(58)34(26)62)45(73)46(74)56(19-15-53-43(71)27-11-7-23(39(67)49-3)31(59)35(27)63)20-16-54-44(72)28-12-8-24(40(68)50-4)32(60)36(28)64/h5-12,57-64H,13-20H2,1-4H3,(H,47,65)(H,48,66)(H,49,67)(H,50,68)(H,51,69)(H,52,70)(H,53,71)(H,54,72). The molecule has 0 bridgehead atoms. The first-order valence-corrected chi connectivity index (χ1v) is 21.8. The van der Waals surface area contributed by atoms with Crippen molar-refractivity contribution in [3.05, 3.63) is 93.0 Å². The van der Waals surface area contributed by atoms with E-state index in [2.05, 4.69) is 42.5 Å². The number of nitrogens with one attached hydrogen (secondary N) is 8. The predicted octanol–water partition coefficient (Wildman–Crippen LogP) is -2.55. The van der Waals surface area contributed by atoms with Crippen LogP contribution in [-0.4, -0.2) is 190 Å². The van der Waals surface area contributed by atoms with Crippen LogP contribution in [0.2, 0.25) is 0 Å². The van der Waals surface area contributed by atoms with Gasteiger partial charge in [0.05, 0.1) is 44.5 Å². The number of hydrogen-bond donors (Lipinski definition) is 16. The summed E-state index contributed by atoms with van der Waals surface area (Å²) >= 11 is 0. The molecule has 74 heavy (non-hydrogen) atoms. The average Bonchev–Trinajstić information content (AvgIpc) is 3.39. The number of amides is 10. The van der Waals surface area contributed by atoms with E-state index in [0.717, 1.165) is 58.3 Å². The van der Waals surface area contributed by atoms with E-state index in [4.69, 9.17) is 0 Å². The molecule has 0 saturated carbocycles. The molecule has 4 aromatic rings. The van der Waals surface area contributed by atoms with Gasteiger partial charge in [-0.05, 0) is 48.5 Å². The van der Waals surface area contributed by atoms with Crippen molar-refractivity contribution in [2.24, 2.45) is 0 Å². The van der Waals surface area contributed by atoms with Crippen LogP contribution in [0.1, 0.15) is 82.9 Å². The zero-order valence-corrected chi connectivity index (χ0v) is 39.8. The van der Waals surface area contributed by atoms with E-state index in [-0.39, 0.29) is 22.3 Å². The van der Waals surface area contributed by atoms with E-state index >= 15 is 0 Å². The van der Waals surface area contributed by atoms with Crippen molar-refractivity contribution in [3.8, 4) is 46.0 Å². The molecule has 4 rings (SSSR count). The molecule has 0 unspecified atom stereocenters. The molecule has 10 amide bonds. The summed E-state index contributed by atoms with van der Waals surface area (Å²) in [6.45, 7) is -4.10. The summed E-state index contributed by atoms with van der Waals surface area (Å²) < 4.78 is 0. The monoisotopic (exact) mass is 1030 g/mol. The van der Waals surface area contributed by atoms with Crippen molar-refractivity contribution in [1.29, 1.82) is 0 Å². The van der Waals surface area contributed by atoms with Gasteiger partial charge in [0.1, 0.15) is 0 Å². The Morgan fingerprint density at radius 1 is 0.297 bits per heavy atom. The lowest BCUT2D eigenvalue weighted by molar-refractivity contribution is -0.151. The summed E-state index contributed by atoms with van der Waals surface area (Å²) in [6, 6.07) is 8.29. The first-order chi connectivity index (χ1) is 35.1. The number of rotatable bonds is 20. The highest BCUT2D eigenvalue weighted by molar-refractivity contribution is 6.35. The Morgan fingerprint density at radius 2 is 0.446 bits per heavy atom. The highest BCUT2D eigenvalue weighted by Gasteiger charge is 2.30. The minimum Gasteiger partial charge on any atom is -0.504 e. The number of nitrogens with zero attached hydrogens (tertiary/aromatic N) is 2. The van der Waals surface area contributed by atoms with Gasteiger partial charge in [-0.25, -0.2) is 0 Å². The lowest BCUT2D eigenvalue weighted by atomic mass is 10.1. The largest absolute Gasteiger partial charge is 0.504 e. The van der Waals surface area contributed by atoms with Crippen LogP contribution in [0, 0.1) is 0 Å². The summed E-state index contributed by atoms with van der Waals surface area (Å²) in [4.78, 5) is 131. The second-order valence-corrected chi connectivity index (χ2v) is 15.4. The lowest BCUT2D eigenvalue weighted by Crippen LogP contribution is -2.52. The smallest absolute Gasteiger partial charge is 0.312 e. The first-order valence-electron chi connectivity index (χ1n) is 21.8. The zero-order valence-electron chi connectivity index (χ0n) is 39.8. The molecule has 4 aromatic carbocycles. The molecule has 28 heteroatoms. The molecule has 0 aliphatic rings. The summed E-state index contributed by atoms with van der Waals surface area (Å²) in [5.41, 5.74) is -3.48. The maximum Gasteiger partial charge on any atom is 0.312 e. The van der Waals surface area contributed by atoms with Crippen LogP contribution in [0.15, 0.2) is 48.5 Å². The number of phenolic OH excluding ortho intramolecular Hbond substituents is 8. The van der Waals surface area contributed by atoms with Gasteiger partial charge in [-0.3, -0.25) is 47.9 Å². The molecule has 0 aliphatic heterocycles. The highest BCUT2D eigenvalue weighted by Crippen LogP contribution is 2.35. The van der Waals surface area contributed by atoms with E-state index in [1.807, 2.05) is 0 Å². The maximum atomic E-state index is 14.2. The Labute approximate surface area is 419 Å². The van der Waals surface area contributed by atoms with Crippen molar-refractivity contribution in [2.45, 2.75) is 0 Å². The molecule has 16 N–H and O–H groups in total. The maximum absolute atomic E-state index is 14.2. The van der Waals surface area contributed by atoms with Gasteiger partial charge in [0.15, 0.2) is 46.0 Å². The molecule has 0 atom stereocenters. The molecular weight excluding hydrogens is 981 g/mol. The van der Waals surface area contributed by atoms with Crippen LogP contribution in [0.3, 0.4) is 0 Å². The highest BCUT2D eigenvalue weighted by atomic mass is 16.3. The van der Waals surface area contributed by atoms with Crippen LogP contribution in [-0.2, 0) is 9.59 Å². The Kier molecular flexibility index (Phi) is 19.3. The third-order valence-corrected chi connectivity index (χ3v) is 10.9. The van der Waals surface area contributed by atoms with Crippen LogP contribution in [0.4, 0.5) is 0 Å². The van der Waals surface area contributed by atoms with Gasteiger partial charge in [-0.15, -0.1) is 0 Å². The normalized spacial score (nSPS) is 10.5. The van der Waals surface area contributed by atoms with Crippen LogP contribution in [0.25, 0.3) is 0 Å². The van der Waals surface area contributed by atoms with Gasteiger partial charge in [0.2, 0.25) is 0 Å². The fourth-order valence-electron chi connectivity index (χ4n) is 6.82. The minimum absolute atomic E-state index is 0.364. The Balaban J connectivity index is 1.62. The topological polar surface area (TPSA) is 435 Å². The Bertz CT molecular complexity index is 2540. The van der Waals surface area contributed by atoms with Crippen LogP contribution >= 0.6 is 0 Å². The van der Waals surface area contributed by atoms with E-state index in [1.54, 1.807) is 0 Å². The average molecular weight is 1030 g/mol. The quantitative estimate of drug-likeness (QED) is 0.0320. The molecule has 0 fully saturated rings. The van der Waals surface area contributed by atoms with E-state index in [1.165, 1.54) is 28.2 Å². The van der Waals surface area contributed by atoms with Crippen LogP contribution < -0.4 is 42.5 Å². The number of carbonyl (C=O) groups is 10. The number of hydrogen-bond acceptors (Lipinski definition) is 18. The summed E-state index contributed by atoms with van der Waals surface area (Å²) in [5.74, 6) is -17.5. The summed E-state index contributed by atoms with van der Waals surface area (Å²) in [5, 5.41) is 102. The SMILES string of the molecule is CNC(=O)c1ccc(C(=O)NCCN(CCNC(=O)c2ccc(C(=O)NC)c(O)c2O)C(=O)C(=O)N(CCNC(=O)c2ccc(C(=O)NC)c(O)c2O)CCNC(=O)c2ccc(C(=O)NC)c(O)c2O)c(O)c1O. The van der Waals surface area contributed by atoms with Gasteiger partial charge < -0.3 is 93.2 Å². The van der Waals surface area contributed by atoms with Crippen molar-refractivity contribution in [2.75, 3.05) is 80.5 Å². The van der Waals surface area contributed by atoms with Gasteiger partial charge in [0.25, 0.3) is 47.3 Å². The molecule has 0 aromatic heterocycles. The molecule has 28 nitrogen and oxygen atoms in total. The Hall–Kier alpha value is -10.0. The molecular formula is C46H52N10O18. The second kappa shape index (κ2) is 25.2. The van der Waals surface area contributed by atoms with Crippen molar-refractivity contribution < 1.29 is 88.8 Å². The lowest BCUT2D eigenvalue weighted by Gasteiger charge is -2.28. The van der Waals surface area contributed by atoms with Gasteiger partial charge in [-0.2, -0.15) is 0 Å². The third kappa shape index (κ3) is 12.8. The fraction of sp³-hybridized carbons (Fsp3) is 0.261. The number of phenols is 8. The van der Waals surface area contributed by atoms with E-state index in [9.17, 15) is 88.8 Å². The van der Waals surface area contributed by atoms with Gasteiger partial charge in [-0.1, -0.05) is 0 Å². The number of aromatic hydroxyl groups is 8.